The lowest BCUT2D eigenvalue weighted by atomic mass is 9.97. The maximum atomic E-state index is 14.6. The molecule has 35 heavy (non-hydrogen) atoms. The molecule has 0 amide bonds. The van der Waals surface area contributed by atoms with E-state index >= 15 is 0 Å². The number of hydrogen-bond acceptors (Lipinski definition) is 9. The number of rotatable bonds is 8. The lowest BCUT2D eigenvalue weighted by molar-refractivity contribution is -0.146. The van der Waals surface area contributed by atoms with E-state index in [1.807, 2.05) is 0 Å². The van der Waals surface area contributed by atoms with E-state index in [2.05, 4.69) is 20.4 Å². The molecule has 1 aromatic carbocycles. The van der Waals surface area contributed by atoms with E-state index in [0.29, 0.717) is 42.9 Å². The molecule has 1 fully saturated rings. The van der Waals surface area contributed by atoms with Crippen molar-refractivity contribution in [2.45, 2.75) is 19.4 Å². The summed E-state index contributed by atoms with van der Waals surface area (Å²) in [6, 6.07) is 7.93. The Morgan fingerprint density at radius 3 is 2.71 bits per heavy atom. The van der Waals surface area contributed by atoms with E-state index in [4.69, 9.17) is 14.7 Å². The van der Waals surface area contributed by atoms with Crippen LogP contribution in [0.2, 0.25) is 0 Å². The number of halogens is 2. The van der Waals surface area contributed by atoms with Gasteiger partial charge in [0.15, 0.2) is 17.5 Å². The molecule has 1 aliphatic rings. The fourth-order valence-electron chi connectivity index (χ4n) is 3.81. The third-order valence-corrected chi connectivity index (χ3v) is 5.73. The zero-order valence-corrected chi connectivity index (χ0v) is 19.0. The van der Waals surface area contributed by atoms with Crippen molar-refractivity contribution in [1.82, 2.24) is 20.4 Å². The number of piperidine rings is 1. The smallest absolute Gasteiger partial charge is 0.308 e. The van der Waals surface area contributed by atoms with Crippen LogP contribution in [0.15, 0.2) is 53.4 Å². The molecule has 3 aromatic rings. The number of carbonyl (C=O) groups is 1. The molecule has 4 rings (SSSR count). The van der Waals surface area contributed by atoms with Crippen molar-refractivity contribution >= 4 is 23.2 Å². The highest BCUT2D eigenvalue weighted by molar-refractivity contribution is 6.07. The predicted octanol–water partition coefficient (Wildman–Crippen LogP) is 3.33. The van der Waals surface area contributed by atoms with Crippen molar-refractivity contribution < 1.29 is 22.8 Å². The number of allylic oxidation sites excluding steroid dienone is 1. The molecule has 0 atom stereocenters. The molecule has 0 unspecified atom stereocenters. The number of esters is 1. The molecular weight excluding hydrogens is 458 g/mol. The van der Waals surface area contributed by atoms with Crippen molar-refractivity contribution in [2.75, 3.05) is 25.1 Å². The molecule has 0 aliphatic carbocycles. The van der Waals surface area contributed by atoms with E-state index in [1.165, 1.54) is 25.5 Å². The summed E-state index contributed by atoms with van der Waals surface area (Å²) < 4.78 is 38.3. The van der Waals surface area contributed by atoms with Crippen molar-refractivity contribution in [3.05, 3.63) is 77.6 Å². The largest absolute Gasteiger partial charge is 0.469 e. The van der Waals surface area contributed by atoms with Crippen molar-refractivity contribution in [2.24, 2.45) is 5.92 Å². The second-order valence-corrected chi connectivity index (χ2v) is 7.95. The Morgan fingerprint density at radius 2 is 2.03 bits per heavy atom. The quantitative estimate of drug-likeness (QED) is 0.371. The van der Waals surface area contributed by atoms with Crippen LogP contribution in [0.1, 0.15) is 29.9 Å². The van der Waals surface area contributed by atoms with Gasteiger partial charge in [-0.05, 0) is 25.0 Å². The van der Waals surface area contributed by atoms with Crippen molar-refractivity contribution in [3.63, 3.8) is 0 Å². The lowest BCUT2D eigenvalue weighted by Crippen LogP contribution is -2.38. The predicted molar refractivity (Wildman–Crippen MR) is 123 cm³/mol. The Kier molecular flexibility index (Phi) is 7.44. The minimum Gasteiger partial charge on any atom is -0.469 e. The summed E-state index contributed by atoms with van der Waals surface area (Å²) in [4.78, 5) is 21.7. The Hall–Kier alpha value is -4.15. The van der Waals surface area contributed by atoms with Gasteiger partial charge in [-0.15, -0.1) is 0 Å². The highest BCUT2D eigenvalue weighted by Gasteiger charge is 2.28. The first kappa shape index (κ1) is 24.0. The lowest BCUT2D eigenvalue weighted by Gasteiger charge is -2.31. The maximum Gasteiger partial charge on any atom is 0.308 e. The Labute approximate surface area is 200 Å². The van der Waals surface area contributed by atoms with Crippen LogP contribution < -0.4 is 10.2 Å². The van der Waals surface area contributed by atoms with E-state index in [-0.39, 0.29) is 41.6 Å². The fourth-order valence-corrected chi connectivity index (χ4v) is 3.81. The van der Waals surface area contributed by atoms with Gasteiger partial charge in [-0.1, -0.05) is 23.4 Å². The van der Waals surface area contributed by atoms with Crippen LogP contribution in [0.3, 0.4) is 0 Å². The molecule has 1 saturated heterocycles. The number of hydrogen-bond donors (Lipinski definition) is 2. The fraction of sp³-hybridized carbons (Fsp3) is 0.292. The first-order chi connectivity index (χ1) is 17.0. The number of methoxy groups -OCH3 is 1. The Balaban J connectivity index is 1.53. The summed E-state index contributed by atoms with van der Waals surface area (Å²) in [5.74, 6) is -1.41. The number of benzene rings is 1. The molecular formula is C24H24F2N6O3. The van der Waals surface area contributed by atoms with Gasteiger partial charge in [-0.2, -0.15) is 0 Å². The van der Waals surface area contributed by atoms with Crippen LogP contribution in [-0.2, 0) is 16.1 Å². The first-order valence-corrected chi connectivity index (χ1v) is 11.0. The van der Waals surface area contributed by atoms with Crippen LogP contribution in [0.5, 0.6) is 0 Å². The second kappa shape index (κ2) is 10.9. The molecule has 0 radical (unpaired) electrons. The van der Waals surface area contributed by atoms with Crippen LogP contribution in [0.25, 0.3) is 5.70 Å². The van der Waals surface area contributed by atoms with Gasteiger partial charge < -0.3 is 19.5 Å². The first-order valence-electron chi connectivity index (χ1n) is 11.0. The average molecular weight is 482 g/mol. The van der Waals surface area contributed by atoms with Crippen molar-refractivity contribution in [1.29, 1.82) is 5.41 Å². The number of carbonyl (C=O) groups excluding carboxylic acids is 1. The van der Waals surface area contributed by atoms with Gasteiger partial charge in [0.05, 0.1) is 24.9 Å². The van der Waals surface area contributed by atoms with Gasteiger partial charge in [-0.3, -0.25) is 10.2 Å². The minimum absolute atomic E-state index is 0.00479. The number of ether oxygens (including phenoxy) is 1. The SMILES string of the molecule is COC(=O)C1CCN(c2nc(C(=N)/C=C(\NCc3ccccc3F)c3ccon3)ncc2F)CC1. The highest BCUT2D eigenvalue weighted by atomic mass is 19.1. The topological polar surface area (TPSA) is 117 Å². The van der Waals surface area contributed by atoms with Crippen LogP contribution in [-0.4, -0.2) is 47.0 Å². The maximum absolute atomic E-state index is 14.6. The van der Waals surface area contributed by atoms with Gasteiger partial charge in [0, 0.05) is 31.3 Å². The summed E-state index contributed by atoms with van der Waals surface area (Å²) in [5.41, 5.74) is 1.12. The number of nitrogens with one attached hydrogen (secondary N) is 2. The minimum atomic E-state index is -0.614. The molecule has 1 aliphatic heterocycles. The molecule has 182 valence electrons. The van der Waals surface area contributed by atoms with E-state index in [0.717, 1.165) is 6.20 Å². The monoisotopic (exact) mass is 482 g/mol. The normalized spacial score (nSPS) is 14.6. The Bertz CT molecular complexity index is 1220. The summed E-state index contributed by atoms with van der Waals surface area (Å²) in [6.07, 6.45) is 4.86. The van der Waals surface area contributed by atoms with E-state index in [1.54, 1.807) is 29.2 Å². The van der Waals surface area contributed by atoms with Gasteiger partial charge in [0.2, 0.25) is 0 Å². The molecule has 9 nitrogen and oxygen atoms in total. The number of aromatic nitrogens is 3. The summed E-state index contributed by atoms with van der Waals surface area (Å²) in [7, 11) is 1.35. The molecule has 2 aromatic heterocycles. The van der Waals surface area contributed by atoms with Gasteiger partial charge in [0.1, 0.15) is 23.5 Å². The molecule has 0 saturated carbocycles. The van der Waals surface area contributed by atoms with E-state index in [9.17, 15) is 13.6 Å². The third kappa shape index (κ3) is 5.68. The van der Waals surface area contributed by atoms with Crippen LogP contribution >= 0.6 is 0 Å². The molecule has 0 spiro atoms. The third-order valence-electron chi connectivity index (χ3n) is 5.73. The zero-order chi connectivity index (χ0) is 24.8. The number of nitrogens with zero attached hydrogens (tertiary/aromatic N) is 4. The van der Waals surface area contributed by atoms with Gasteiger partial charge >= 0.3 is 5.97 Å². The summed E-state index contributed by atoms with van der Waals surface area (Å²) in [6.45, 7) is 0.985. The molecule has 3 heterocycles. The molecule has 0 bridgehead atoms. The molecule has 2 N–H and O–H groups in total. The average Bonchev–Trinajstić information content (AvgIpc) is 3.42. The van der Waals surface area contributed by atoms with Gasteiger partial charge in [-0.25, -0.2) is 18.7 Å². The summed E-state index contributed by atoms with van der Waals surface area (Å²) >= 11 is 0. The van der Waals surface area contributed by atoms with Crippen LogP contribution in [0.4, 0.5) is 14.6 Å². The highest BCUT2D eigenvalue weighted by Crippen LogP contribution is 2.25. The standard InChI is InChI=1S/C24H24F2N6O3/c1-34-24(33)15-6-9-32(10-7-15)23-18(26)14-29-22(30-23)19(27)12-21(20-8-11-35-31-20)28-13-16-4-2-3-5-17(16)25/h2-5,8,11-12,14-15,27-28H,6-7,9-10,13H2,1H3/b21-12-,27-19?. The zero-order valence-electron chi connectivity index (χ0n) is 19.0. The van der Waals surface area contributed by atoms with Gasteiger partial charge in [0.25, 0.3) is 0 Å². The Morgan fingerprint density at radius 1 is 1.26 bits per heavy atom. The second-order valence-electron chi connectivity index (χ2n) is 7.95. The van der Waals surface area contributed by atoms with Crippen LogP contribution in [0, 0.1) is 23.0 Å². The molecule has 11 heteroatoms. The van der Waals surface area contributed by atoms with E-state index < -0.39 is 5.82 Å². The number of anilines is 1. The van der Waals surface area contributed by atoms with Crippen molar-refractivity contribution in [3.8, 4) is 0 Å². The summed E-state index contributed by atoms with van der Waals surface area (Å²) in [5, 5.41) is 15.5.